The number of hydrogen-bond acceptors (Lipinski definition) is 2. The van der Waals surface area contributed by atoms with Gasteiger partial charge in [0.15, 0.2) is 0 Å². The molecule has 0 spiro atoms. The van der Waals surface area contributed by atoms with Crippen molar-refractivity contribution in [2.45, 2.75) is 19.3 Å². The fourth-order valence-electron chi connectivity index (χ4n) is 0.685. The third kappa shape index (κ3) is 7.08. The normalized spacial score (nSPS) is 9.64. The smallest absolute Gasteiger partial charge is 0.135 e. The third-order valence-electron chi connectivity index (χ3n) is 1.39. The second kappa shape index (κ2) is 5.94. The van der Waals surface area contributed by atoms with Crippen molar-refractivity contribution in [2.75, 3.05) is 20.6 Å². The Labute approximate surface area is 68.6 Å². The maximum Gasteiger partial charge on any atom is 0.135 e. The van der Waals surface area contributed by atoms with Crippen molar-refractivity contribution >= 4 is 5.78 Å². The topological polar surface area (TPSA) is 20.3 Å². The summed E-state index contributed by atoms with van der Waals surface area (Å²) in [7, 11) is 3.91. The molecule has 0 heterocycles. The van der Waals surface area contributed by atoms with Crippen LogP contribution in [0.15, 0.2) is 0 Å². The molecule has 0 aliphatic heterocycles. The van der Waals surface area contributed by atoms with Crippen LogP contribution in [0, 0.1) is 12.3 Å². The molecule has 2 heteroatoms. The Hall–Kier alpha value is -0.810. The summed E-state index contributed by atoms with van der Waals surface area (Å²) >= 11 is 0. The molecule has 0 saturated heterocycles. The summed E-state index contributed by atoms with van der Waals surface area (Å²) in [5, 5.41) is 0. The number of rotatable bonds is 5. The summed E-state index contributed by atoms with van der Waals surface area (Å²) in [4.78, 5) is 13.0. The molecule has 0 radical (unpaired) electrons. The first-order valence-corrected chi connectivity index (χ1v) is 3.76. The lowest BCUT2D eigenvalue weighted by molar-refractivity contribution is -0.119. The van der Waals surface area contributed by atoms with Crippen LogP contribution < -0.4 is 0 Å². The largest absolute Gasteiger partial charge is 0.309 e. The van der Waals surface area contributed by atoms with Crippen LogP contribution in [0.3, 0.4) is 0 Å². The maximum atomic E-state index is 11.0. The number of carbonyl (C=O) groups is 1. The lowest BCUT2D eigenvalue weighted by Crippen LogP contribution is -2.16. The van der Waals surface area contributed by atoms with Crippen molar-refractivity contribution in [2.24, 2.45) is 0 Å². The molecule has 0 bridgehead atoms. The van der Waals surface area contributed by atoms with Crippen molar-refractivity contribution in [3.8, 4) is 12.3 Å². The number of carbonyl (C=O) groups excluding carboxylic acids is 1. The molecule has 0 atom stereocenters. The van der Waals surface area contributed by atoms with Crippen molar-refractivity contribution < 1.29 is 4.79 Å². The number of Topliss-reactive ketones (excluding diaryl/α,β-unsaturated/α-hetero) is 1. The van der Waals surface area contributed by atoms with E-state index in [-0.39, 0.29) is 5.78 Å². The molecule has 0 N–H and O–H groups in total. The van der Waals surface area contributed by atoms with Crippen LogP contribution in [-0.4, -0.2) is 31.3 Å². The lowest BCUT2D eigenvalue weighted by atomic mass is 10.2. The van der Waals surface area contributed by atoms with Gasteiger partial charge in [-0.1, -0.05) is 0 Å². The van der Waals surface area contributed by atoms with Gasteiger partial charge in [0.05, 0.1) is 0 Å². The minimum Gasteiger partial charge on any atom is -0.309 e. The fraction of sp³-hybridized carbons (Fsp3) is 0.667. The van der Waals surface area contributed by atoms with Gasteiger partial charge in [0.2, 0.25) is 0 Å². The standard InChI is InChI=1S/C9H15NO/c1-4-5-6-9(11)7-8-10(2)3/h1H,5-8H2,2-3H3. The molecule has 11 heavy (non-hydrogen) atoms. The van der Waals surface area contributed by atoms with Crippen LogP contribution in [0.5, 0.6) is 0 Å². The van der Waals surface area contributed by atoms with Gasteiger partial charge in [0, 0.05) is 25.8 Å². The average Bonchev–Trinajstić information content (AvgIpc) is 1.97. The zero-order valence-corrected chi connectivity index (χ0v) is 7.26. The summed E-state index contributed by atoms with van der Waals surface area (Å²) < 4.78 is 0. The van der Waals surface area contributed by atoms with Crippen molar-refractivity contribution in [3.05, 3.63) is 0 Å². The molecule has 0 aromatic carbocycles. The Morgan fingerprint density at radius 2 is 2.09 bits per heavy atom. The Bertz CT molecular complexity index is 155. The van der Waals surface area contributed by atoms with Crippen LogP contribution in [0.2, 0.25) is 0 Å². The number of hydrogen-bond donors (Lipinski definition) is 0. The van der Waals surface area contributed by atoms with Crippen molar-refractivity contribution in [3.63, 3.8) is 0 Å². The van der Waals surface area contributed by atoms with E-state index in [1.807, 2.05) is 19.0 Å². The van der Waals surface area contributed by atoms with Crippen molar-refractivity contribution in [1.82, 2.24) is 4.90 Å². The summed E-state index contributed by atoms with van der Waals surface area (Å²) in [5.41, 5.74) is 0. The van der Waals surface area contributed by atoms with E-state index in [0.717, 1.165) is 6.54 Å². The number of nitrogens with zero attached hydrogens (tertiary/aromatic N) is 1. The minimum absolute atomic E-state index is 0.261. The Morgan fingerprint density at radius 3 is 2.55 bits per heavy atom. The fourth-order valence-corrected chi connectivity index (χ4v) is 0.685. The van der Waals surface area contributed by atoms with Gasteiger partial charge in [-0.3, -0.25) is 4.79 Å². The highest BCUT2D eigenvalue weighted by molar-refractivity contribution is 5.78. The first-order valence-electron chi connectivity index (χ1n) is 3.76. The highest BCUT2D eigenvalue weighted by Crippen LogP contribution is 1.94. The summed E-state index contributed by atoms with van der Waals surface area (Å²) in [6.45, 7) is 0.823. The molecule has 2 nitrogen and oxygen atoms in total. The predicted molar refractivity (Wildman–Crippen MR) is 46.2 cm³/mol. The van der Waals surface area contributed by atoms with Crippen LogP contribution in [0.4, 0.5) is 0 Å². The van der Waals surface area contributed by atoms with E-state index in [9.17, 15) is 4.79 Å². The molecule has 0 saturated carbocycles. The van der Waals surface area contributed by atoms with Gasteiger partial charge in [-0.2, -0.15) is 0 Å². The molecular formula is C9H15NO. The molecule has 62 valence electrons. The van der Waals surface area contributed by atoms with Crippen molar-refractivity contribution in [1.29, 1.82) is 0 Å². The van der Waals surface area contributed by atoms with Gasteiger partial charge >= 0.3 is 0 Å². The SMILES string of the molecule is C#CCCC(=O)CCN(C)C. The quantitative estimate of drug-likeness (QED) is 0.547. The summed E-state index contributed by atoms with van der Waals surface area (Å²) in [6, 6.07) is 0. The minimum atomic E-state index is 0.261. The zero-order valence-electron chi connectivity index (χ0n) is 7.26. The Kier molecular flexibility index (Phi) is 5.50. The second-order valence-electron chi connectivity index (χ2n) is 2.80. The van der Waals surface area contributed by atoms with E-state index >= 15 is 0 Å². The Balaban J connectivity index is 3.32. The van der Waals surface area contributed by atoms with E-state index in [4.69, 9.17) is 6.42 Å². The van der Waals surface area contributed by atoms with Gasteiger partial charge < -0.3 is 4.90 Å². The highest BCUT2D eigenvalue weighted by atomic mass is 16.1. The molecule has 0 amide bonds. The summed E-state index contributed by atoms with van der Waals surface area (Å²) in [6.07, 6.45) is 6.75. The molecule has 0 aliphatic rings. The lowest BCUT2D eigenvalue weighted by Gasteiger charge is -2.06. The van der Waals surface area contributed by atoms with Gasteiger partial charge in [0.1, 0.15) is 5.78 Å². The molecule has 0 aliphatic carbocycles. The van der Waals surface area contributed by atoms with E-state index in [1.165, 1.54) is 0 Å². The molecule has 0 unspecified atom stereocenters. The van der Waals surface area contributed by atoms with E-state index < -0.39 is 0 Å². The molecule has 0 fully saturated rings. The van der Waals surface area contributed by atoms with Gasteiger partial charge in [-0.05, 0) is 14.1 Å². The average molecular weight is 153 g/mol. The maximum absolute atomic E-state index is 11.0. The van der Waals surface area contributed by atoms with Gasteiger partial charge in [-0.15, -0.1) is 12.3 Å². The first-order chi connectivity index (χ1) is 5.16. The summed E-state index contributed by atoms with van der Waals surface area (Å²) in [5.74, 6) is 2.71. The molecule has 0 aromatic heterocycles. The second-order valence-corrected chi connectivity index (χ2v) is 2.80. The number of terminal acetylenes is 1. The first kappa shape index (κ1) is 10.2. The number of ketones is 1. The van der Waals surface area contributed by atoms with Gasteiger partial charge in [0.25, 0.3) is 0 Å². The van der Waals surface area contributed by atoms with Crippen LogP contribution in [0.1, 0.15) is 19.3 Å². The Morgan fingerprint density at radius 1 is 1.45 bits per heavy atom. The molecule has 0 aromatic rings. The zero-order chi connectivity index (χ0) is 8.69. The monoisotopic (exact) mass is 153 g/mol. The van der Waals surface area contributed by atoms with E-state index in [2.05, 4.69) is 5.92 Å². The van der Waals surface area contributed by atoms with Gasteiger partial charge in [-0.25, -0.2) is 0 Å². The highest BCUT2D eigenvalue weighted by Gasteiger charge is 2.00. The van der Waals surface area contributed by atoms with Crippen LogP contribution in [-0.2, 0) is 4.79 Å². The van der Waals surface area contributed by atoms with Crippen LogP contribution in [0.25, 0.3) is 0 Å². The van der Waals surface area contributed by atoms with E-state index in [0.29, 0.717) is 19.3 Å². The van der Waals surface area contributed by atoms with Crippen LogP contribution >= 0.6 is 0 Å². The van der Waals surface area contributed by atoms with E-state index in [1.54, 1.807) is 0 Å². The predicted octanol–water partition coefficient (Wildman–Crippen LogP) is 0.921. The molecule has 0 rings (SSSR count). The molecular weight excluding hydrogens is 138 g/mol. The third-order valence-corrected chi connectivity index (χ3v) is 1.39.